The summed E-state index contributed by atoms with van der Waals surface area (Å²) in [5, 5.41) is 9.94. The van der Waals surface area contributed by atoms with E-state index in [9.17, 15) is 9.59 Å². The number of hydrogen-bond donors (Lipinski definition) is 2. The van der Waals surface area contributed by atoms with Crippen LogP contribution in [0.1, 0.15) is 24.3 Å². The molecule has 0 saturated heterocycles. The van der Waals surface area contributed by atoms with Crippen molar-refractivity contribution in [2.24, 2.45) is 0 Å². The Kier molecular flexibility index (Phi) is 6.37. The number of furan rings is 1. The van der Waals surface area contributed by atoms with E-state index in [2.05, 4.69) is 15.7 Å². The topological polar surface area (TPSA) is 102 Å². The van der Waals surface area contributed by atoms with Crippen LogP contribution in [-0.2, 0) is 16.1 Å². The number of nitrogens with zero attached hydrogens (tertiary/aromatic N) is 3. The van der Waals surface area contributed by atoms with Gasteiger partial charge in [0.05, 0.1) is 30.3 Å². The lowest BCUT2D eigenvalue weighted by Gasteiger charge is -2.29. The number of benzene rings is 1. The molecule has 1 aliphatic rings. The molecule has 0 saturated carbocycles. The molecule has 2 amide bonds. The fraction of sp³-hybridized carbons (Fsp3) is 0.261. The first-order valence-corrected chi connectivity index (χ1v) is 10.3. The number of carbonyl (C=O) groups is 2. The van der Waals surface area contributed by atoms with Gasteiger partial charge in [-0.25, -0.2) is 14.3 Å². The van der Waals surface area contributed by atoms with Gasteiger partial charge in [0, 0.05) is 30.5 Å². The van der Waals surface area contributed by atoms with E-state index in [0.29, 0.717) is 30.1 Å². The number of urea groups is 1. The van der Waals surface area contributed by atoms with Crippen LogP contribution in [0.2, 0.25) is 0 Å². The van der Waals surface area contributed by atoms with Crippen LogP contribution in [0.3, 0.4) is 0 Å². The smallest absolute Gasteiger partial charge is 0.338 e. The molecular weight excluding hydrogens is 410 g/mol. The summed E-state index contributed by atoms with van der Waals surface area (Å²) in [4.78, 5) is 27.1. The van der Waals surface area contributed by atoms with Crippen LogP contribution in [0.25, 0.3) is 5.69 Å². The molecule has 1 atom stereocenters. The molecule has 4 rings (SSSR count). The summed E-state index contributed by atoms with van der Waals surface area (Å²) >= 11 is 0. The highest BCUT2D eigenvalue weighted by Gasteiger charge is 2.35. The van der Waals surface area contributed by atoms with Gasteiger partial charge in [-0.2, -0.15) is 5.10 Å². The maximum atomic E-state index is 12.8. The predicted molar refractivity (Wildman–Crippen MR) is 117 cm³/mol. The van der Waals surface area contributed by atoms with Crippen molar-refractivity contribution in [2.75, 3.05) is 20.2 Å². The molecule has 2 aromatic heterocycles. The normalized spacial score (nSPS) is 16.1. The zero-order chi connectivity index (χ0) is 22.5. The molecule has 0 fully saturated rings. The number of ether oxygens (including phenoxy) is 1. The van der Waals surface area contributed by atoms with E-state index in [0.717, 1.165) is 11.3 Å². The summed E-state index contributed by atoms with van der Waals surface area (Å²) in [5.41, 5.74) is 2.78. The number of carbonyl (C=O) groups excluding carboxylic acids is 2. The molecule has 9 heteroatoms. The van der Waals surface area contributed by atoms with Gasteiger partial charge in [-0.3, -0.25) is 4.90 Å². The van der Waals surface area contributed by atoms with Crippen molar-refractivity contribution >= 4 is 12.0 Å². The monoisotopic (exact) mass is 435 g/mol. The van der Waals surface area contributed by atoms with Crippen molar-refractivity contribution in [1.82, 2.24) is 25.3 Å². The third-order valence-corrected chi connectivity index (χ3v) is 5.01. The zero-order valence-corrected chi connectivity index (χ0v) is 17.9. The molecule has 1 unspecified atom stereocenters. The second-order valence-corrected chi connectivity index (χ2v) is 7.46. The minimum absolute atomic E-state index is 0.225. The lowest BCUT2D eigenvalue weighted by molar-refractivity contribution is -0.139. The molecule has 1 aliphatic heterocycles. The molecule has 0 radical (unpaired) electrons. The van der Waals surface area contributed by atoms with Crippen LogP contribution < -0.4 is 10.6 Å². The van der Waals surface area contributed by atoms with Crippen molar-refractivity contribution in [1.29, 1.82) is 0 Å². The number of nitrogens with one attached hydrogen (secondary N) is 2. The molecule has 2 N–H and O–H groups in total. The molecule has 9 nitrogen and oxygen atoms in total. The number of amides is 2. The first-order chi connectivity index (χ1) is 15.5. The standard InChI is InChI=1S/C23H25N5O4/c1-3-31-22(29)20-18(25-23(30)26-21(20)19-10-7-11-32-19)15-27(2)13-16-12-24-28(14-16)17-8-5-4-6-9-17/h4-12,14,21H,3,13,15H2,1-2H3,(H2,25,26,30). The summed E-state index contributed by atoms with van der Waals surface area (Å²) in [5.74, 6) is -0.0334. The fourth-order valence-electron chi connectivity index (χ4n) is 3.66. The molecule has 1 aromatic carbocycles. The Morgan fingerprint density at radius 1 is 1.22 bits per heavy atom. The van der Waals surface area contributed by atoms with Gasteiger partial charge in [0.1, 0.15) is 11.8 Å². The van der Waals surface area contributed by atoms with E-state index >= 15 is 0 Å². The van der Waals surface area contributed by atoms with Gasteiger partial charge in [0.25, 0.3) is 0 Å². The van der Waals surface area contributed by atoms with Gasteiger partial charge in [0.15, 0.2) is 0 Å². The quantitative estimate of drug-likeness (QED) is 0.528. The van der Waals surface area contributed by atoms with Crippen LogP contribution in [-0.4, -0.2) is 46.9 Å². The predicted octanol–water partition coefficient (Wildman–Crippen LogP) is 2.77. The highest BCUT2D eigenvalue weighted by Crippen LogP contribution is 2.28. The number of hydrogen-bond acceptors (Lipinski definition) is 6. The lowest BCUT2D eigenvalue weighted by Crippen LogP contribution is -2.48. The minimum Gasteiger partial charge on any atom is -0.467 e. The number of esters is 1. The SMILES string of the molecule is CCOC(=O)C1=C(CN(C)Cc2cnn(-c3ccccc3)c2)NC(=O)NC1c1ccco1. The second-order valence-electron chi connectivity index (χ2n) is 7.46. The summed E-state index contributed by atoms with van der Waals surface area (Å²) in [6.45, 7) is 2.87. The number of aromatic nitrogens is 2. The fourth-order valence-corrected chi connectivity index (χ4v) is 3.66. The van der Waals surface area contributed by atoms with E-state index in [1.54, 1.807) is 25.3 Å². The van der Waals surface area contributed by atoms with Gasteiger partial charge in [0.2, 0.25) is 0 Å². The molecule has 0 aliphatic carbocycles. The van der Waals surface area contributed by atoms with E-state index in [4.69, 9.17) is 9.15 Å². The highest BCUT2D eigenvalue weighted by molar-refractivity contribution is 5.95. The van der Waals surface area contributed by atoms with Crippen molar-refractivity contribution in [2.45, 2.75) is 19.5 Å². The molecule has 0 bridgehead atoms. The Hall–Kier alpha value is -3.85. The van der Waals surface area contributed by atoms with Crippen molar-refractivity contribution < 1.29 is 18.7 Å². The summed E-state index contributed by atoms with van der Waals surface area (Å²) in [6, 6.07) is 12.1. The highest BCUT2D eigenvalue weighted by atomic mass is 16.5. The van der Waals surface area contributed by atoms with Crippen LogP contribution in [0.15, 0.2) is 76.8 Å². The Morgan fingerprint density at radius 2 is 2.03 bits per heavy atom. The molecule has 0 spiro atoms. The van der Waals surface area contributed by atoms with Crippen molar-refractivity contribution in [3.8, 4) is 5.69 Å². The van der Waals surface area contributed by atoms with E-state index < -0.39 is 18.0 Å². The van der Waals surface area contributed by atoms with Crippen molar-refractivity contribution in [3.05, 3.63) is 83.7 Å². The number of likely N-dealkylation sites (N-methyl/N-ethyl adjacent to an activating group) is 1. The Labute approximate surface area is 185 Å². The third-order valence-electron chi connectivity index (χ3n) is 5.01. The van der Waals surface area contributed by atoms with Crippen LogP contribution in [0.4, 0.5) is 4.79 Å². The lowest BCUT2D eigenvalue weighted by atomic mass is 10.00. The van der Waals surface area contributed by atoms with E-state index in [1.807, 2.05) is 53.2 Å². The van der Waals surface area contributed by atoms with Gasteiger partial charge < -0.3 is 19.8 Å². The first kappa shape index (κ1) is 21.4. The molecule has 32 heavy (non-hydrogen) atoms. The van der Waals surface area contributed by atoms with Gasteiger partial charge in [-0.05, 0) is 38.2 Å². The van der Waals surface area contributed by atoms with Crippen LogP contribution in [0.5, 0.6) is 0 Å². The van der Waals surface area contributed by atoms with Crippen molar-refractivity contribution in [3.63, 3.8) is 0 Å². The summed E-state index contributed by atoms with van der Waals surface area (Å²) < 4.78 is 12.5. The van der Waals surface area contributed by atoms with Gasteiger partial charge in [-0.15, -0.1) is 0 Å². The summed E-state index contributed by atoms with van der Waals surface area (Å²) in [7, 11) is 1.91. The zero-order valence-electron chi connectivity index (χ0n) is 17.9. The molecule has 3 aromatic rings. The third kappa shape index (κ3) is 4.73. The summed E-state index contributed by atoms with van der Waals surface area (Å²) in [6.07, 6.45) is 5.26. The molecule has 166 valence electrons. The average molecular weight is 435 g/mol. The van der Waals surface area contributed by atoms with Crippen LogP contribution in [0, 0.1) is 0 Å². The average Bonchev–Trinajstić information content (AvgIpc) is 3.46. The maximum Gasteiger partial charge on any atom is 0.338 e. The second kappa shape index (κ2) is 9.52. The van der Waals surface area contributed by atoms with Gasteiger partial charge in [-0.1, -0.05) is 18.2 Å². The van der Waals surface area contributed by atoms with Gasteiger partial charge >= 0.3 is 12.0 Å². The Morgan fingerprint density at radius 3 is 2.75 bits per heavy atom. The number of para-hydroxylation sites is 1. The largest absolute Gasteiger partial charge is 0.467 e. The Bertz CT molecular complexity index is 1100. The van der Waals surface area contributed by atoms with Crippen LogP contribution >= 0.6 is 0 Å². The maximum absolute atomic E-state index is 12.8. The Balaban J connectivity index is 1.55. The van der Waals surface area contributed by atoms with E-state index in [1.165, 1.54) is 6.26 Å². The minimum atomic E-state index is -0.720. The molecule has 3 heterocycles. The number of rotatable bonds is 8. The first-order valence-electron chi connectivity index (χ1n) is 10.3. The van der Waals surface area contributed by atoms with E-state index in [-0.39, 0.29) is 6.61 Å². The molecular formula is C23H25N5O4.